The van der Waals surface area contributed by atoms with Crippen LogP contribution in [0.15, 0.2) is 35.9 Å². The maximum atomic E-state index is 5.18. The van der Waals surface area contributed by atoms with Gasteiger partial charge in [0.2, 0.25) is 0 Å². The highest BCUT2D eigenvalue weighted by molar-refractivity contribution is 5.27. The van der Waals surface area contributed by atoms with Crippen molar-refractivity contribution in [3.63, 3.8) is 0 Å². The first-order chi connectivity index (χ1) is 9.78. The second kappa shape index (κ2) is 8.11. The van der Waals surface area contributed by atoms with E-state index in [9.17, 15) is 0 Å². The Morgan fingerprint density at radius 3 is 2.65 bits per heavy atom. The smallest absolute Gasteiger partial charge is 0.118 e. The van der Waals surface area contributed by atoms with Gasteiger partial charge < -0.3 is 10.1 Å². The lowest BCUT2D eigenvalue weighted by molar-refractivity contribution is 0.414. The highest BCUT2D eigenvalue weighted by Gasteiger charge is 2.06. The van der Waals surface area contributed by atoms with Crippen LogP contribution in [0.5, 0.6) is 5.75 Å². The van der Waals surface area contributed by atoms with Crippen molar-refractivity contribution in [3.05, 3.63) is 41.5 Å². The van der Waals surface area contributed by atoms with Gasteiger partial charge in [-0.1, -0.05) is 23.8 Å². The van der Waals surface area contributed by atoms with E-state index in [0.717, 1.165) is 18.7 Å². The zero-order chi connectivity index (χ0) is 14.2. The van der Waals surface area contributed by atoms with Gasteiger partial charge in [-0.15, -0.1) is 0 Å². The summed E-state index contributed by atoms with van der Waals surface area (Å²) in [6.07, 6.45) is 9.94. The third kappa shape index (κ3) is 5.01. The molecule has 0 fully saturated rings. The maximum Gasteiger partial charge on any atom is 0.118 e. The zero-order valence-electron chi connectivity index (χ0n) is 12.8. The van der Waals surface area contributed by atoms with Gasteiger partial charge in [0, 0.05) is 6.04 Å². The number of allylic oxidation sites excluding steroid dienone is 1. The van der Waals surface area contributed by atoms with Gasteiger partial charge in [0.1, 0.15) is 5.75 Å². The molecule has 2 rings (SSSR count). The SMILES string of the molecule is COc1ccc(CCC(C)NCCC2=CCCC2)cc1. The van der Waals surface area contributed by atoms with E-state index in [-0.39, 0.29) is 0 Å². The summed E-state index contributed by atoms with van der Waals surface area (Å²) in [5.41, 5.74) is 3.04. The number of hydrogen-bond acceptors (Lipinski definition) is 2. The highest BCUT2D eigenvalue weighted by atomic mass is 16.5. The second-order valence-electron chi connectivity index (χ2n) is 5.75. The van der Waals surface area contributed by atoms with Crippen LogP contribution < -0.4 is 10.1 Å². The summed E-state index contributed by atoms with van der Waals surface area (Å²) < 4.78 is 5.18. The minimum atomic E-state index is 0.583. The van der Waals surface area contributed by atoms with Crippen LogP contribution in [0.3, 0.4) is 0 Å². The Morgan fingerprint density at radius 2 is 2.00 bits per heavy atom. The number of nitrogens with one attached hydrogen (secondary N) is 1. The topological polar surface area (TPSA) is 21.3 Å². The molecule has 1 aromatic carbocycles. The Morgan fingerprint density at radius 1 is 1.20 bits per heavy atom. The van der Waals surface area contributed by atoms with Gasteiger partial charge in [-0.3, -0.25) is 0 Å². The number of aryl methyl sites for hydroxylation is 1. The monoisotopic (exact) mass is 273 g/mol. The second-order valence-corrected chi connectivity index (χ2v) is 5.75. The maximum absolute atomic E-state index is 5.18. The number of methoxy groups -OCH3 is 1. The molecule has 0 radical (unpaired) electrons. The van der Waals surface area contributed by atoms with Crippen molar-refractivity contribution >= 4 is 0 Å². The first kappa shape index (κ1) is 15.1. The van der Waals surface area contributed by atoms with E-state index in [4.69, 9.17) is 4.74 Å². The van der Waals surface area contributed by atoms with Crippen LogP contribution in [-0.2, 0) is 6.42 Å². The number of benzene rings is 1. The fourth-order valence-electron chi connectivity index (χ4n) is 2.72. The van der Waals surface area contributed by atoms with Gasteiger partial charge in [-0.05, 0) is 69.7 Å². The largest absolute Gasteiger partial charge is 0.497 e. The van der Waals surface area contributed by atoms with E-state index >= 15 is 0 Å². The van der Waals surface area contributed by atoms with Crippen molar-refractivity contribution in [2.75, 3.05) is 13.7 Å². The predicted molar refractivity (Wildman–Crippen MR) is 85.3 cm³/mol. The third-order valence-corrected chi connectivity index (χ3v) is 4.10. The molecular weight excluding hydrogens is 246 g/mol. The lowest BCUT2D eigenvalue weighted by Gasteiger charge is -2.14. The van der Waals surface area contributed by atoms with E-state index in [1.165, 1.54) is 37.7 Å². The Hall–Kier alpha value is -1.28. The van der Waals surface area contributed by atoms with Crippen LogP contribution in [0.1, 0.15) is 44.6 Å². The Bertz CT molecular complexity index is 422. The predicted octanol–water partition coefficient (Wildman–Crippen LogP) is 4.11. The van der Waals surface area contributed by atoms with E-state index in [2.05, 4.69) is 30.4 Å². The molecule has 0 saturated heterocycles. The quantitative estimate of drug-likeness (QED) is 0.720. The van der Waals surface area contributed by atoms with Crippen LogP contribution in [0.25, 0.3) is 0 Å². The van der Waals surface area contributed by atoms with Crippen molar-refractivity contribution in [1.82, 2.24) is 5.32 Å². The molecule has 1 atom stereocenters. The van der Waals surface area contributed by atoms with Crippen molar-refractivity contribution < 1.29 is 4.74 Å². The molecule has 1 aliphatic carbocycles. The van der Waals surface area contributed by atoms with Crippen LogP contribution in [0, 0.1) is 0 Å². The standard InChI is InChI=1S/C18H27NO/c1-15(19-14-13-16-5-3-4-6-16)7-8-17-9-11-18(20-2)12-10-17/h5,9-12,15,19H,3-4,6-8,13-14H2,1-2H3. The van der Waals surface area contributed by atoms with Crippen molar-refractivity contribution in [2.24, 2.45) is 0 Å². The van der Waals surface area contributed by atoms with Crippen molar-refractivity contribution in [3.8, 4) is 5.75 Å². The summed E-state index contributed by atoms with van der Waals surface area (Å²) in [5.74, 6) is 0.935. The highest BCUT2D eigenvalue weighted by Crippen LogP contribution is 2.20. The zero-order valence-corrected chi connectivity index (χ0v) is 12.8. The molecule has 0 amide bonds. The van der Waals surface area contributed by atoms with Crippen LogP contribution in [0.2, 0.25) is 0 Å². The Labute approximate surface area is 123 Å². The van der Waals surface area contributed by atoms with Crippen molar-refractivity contribution in [1.29, 1.82) is 0 Å². The van der Waals surface area contributed by atoms with Crippen molar-refractivity contribution in [2.45, 2.75) is 51.5 Å². The van der Waals surface area contributed by atoms with Gasteiger partial charge in [0.25, 0.3) is 0 Å². The third-order valence-electron chi connectivity index (χ3n) is 4.10. The molecule has 0 aromatic heterocycles. The molecule has 20 heavy (non-hydrogen) atoms. The lowest BCUT2D eigenvalue weighted by atomic mass is 10.1. The number of ether oxygens (including phenoxy) is 1. The fraction of sp³-hybridized carbons (Fsp3) is 0.556. The van der Waals surface area contributed by atoms with Gasteiger partial charge in [-0.2, -0.15) is 0 Å². The summed E-state index contributed by atoms with van der Waals surface area (Å²) in [6.45, 7) is 3.40. The molecule has 2 heteroatoms. The summed E-state index contributed by atoms with van der Waals surface area (Å²) in [7, 11) is 1.71. The lowest BCUT2D eigenvalue weighted by Crippen LogP contribution is -2.27. The van der Waals surface area contributed by atoms with Gasteiger partial charge >= 0.3 is 0 Å². The minimum Gasteiger partial charge on any atom is -0.497 e. The fourth-order valence-corrected chi connectivity index (χ4v) is 2.72. The molecule has 1 aromatic rings. The molecule has 1 aliphatic rings. The molecule has 0 spiro atoms. The van der Waals surface area contributed by atoms with Crippen LogP contribution in [0.4, 0.5) is 0 Å². The summed E-state index contributed by atoms with van der Waals surface area (Å²) in [6, 6.07) is 8.99. The molecule has 110 valence electrons. The summed E-state index contributed by atoms with van der Waals surface area (Å²) >= 11 is 0. The molecular formula is C18H27NO. The number of hydrogen-bond donors (Lipinski definition) is 1. The van der Waals surface area contributed by atoms with Gasteiger partial charge in [-0.25, -0.2) is 0 Å². The van der Waals surface area contributed by atoms with Crippen LogP contribution >= 0.6 is 0 Å². The van der Waals surface area contributed by atoms with E-state index in [1.807, 2.05) is 12.1 Å². The van der Waals surface area contributed by atoms with Gasteiger partial charge in [0.05, 0.1) is 7.11 Å². The summed E-state index contributed by atoms with van der Waals surface area (Å²) in [4.78, 5) is 0. The van der Waals surface area contributed by atoms with Crippen LogP contribution in [-0.4, -0.2) is 19.7 Å². The average Bonchev–Trinajstić information content (AvgIpc) is 2.99. The normalized spacial score (nSPS) is 16.0. The van der Waals surface area contributed by atoms with Gasteiger partial charge in [0.15, 0.2) is 0 Å². The Balaban J connectivity index is 1.62. The first-order valence-electron chi connectivity index (χ1n) is 7.82. The molecule has 2 nitrogen and oxygen atoms in total. The summed E-state index contributed by atoms with van der Waals surface area (Å²) in [5, 5.41) is 3.64. The Kier molecular flexibility index (Phi) is 6.13. The molecule has 0 heterocycles. The molecule has 0 bridgehead atoms. The molecule has 1 N–H and O–H groups in total. The van der Waals surface area contributed by atoms with E-state index in [1.54, 1.807) is 12.7 Å². The molecule has 1 unspecified atom stereocenters. The molecule has 0 aliphatic heterocycles. The minimum absolute atomic E-state index is 0.583. The molecule has 0 saturated carbocycles. The first-order valence-corrected chi connectivity index (χ1v) is 7.82. The average molecular weight is 273 g/mol. The van der Waals surface area contributed by atoms with E-state index in [0.29, 0.717) is 6.04 Å². The van der Waals surface area contributed by atoms with E-state index < -0.39 is 0 Å². The number of rotatable bonds is 8.